The summed E-state index contributed by atoms with van der Waals surface area (Å²) in [6, 6.07) is 7.11. The van der Waals surface area contributed by atoms with Crippen molar-refractivity contribution < 1.29 is 9.53 Å². The van der Waals surface area contributed by atoms with Gasteiger partial charge in [-0.1, -0.05) is 11.6 Å². The average Bonchev–Trinajstić information content (AvgIpc) is 2.71. The van der Waals surface area contributed by atoms with Crippen LogP contribution in [0.2, 0.25) is 5.02 Å². The van der Waals surface area contributed by atoms with Gasteiger partial charge in [0.25, 0.3) is 0 Å². The Bertz CT molecular complexity index is 664. The Morgan fingerprint density at radius 2 is 1.87 bits per heavy atom. The zero-order valence-corrected chi connectivity index (χ0v) is 21.3. The molecule has 1 aliphatic rings. The lowest BCUT2D eigenvalue weighted by molar-refractivity contribution is -0.116. The van der Waals surface area contributed by atoms with Crippen LogP contribution in [0.15, 0.2) is 29.3 Å². The number of nitrogens with one attached hydrogen (secondary N) is 3. The molecule has 2 rings (SSSR count). The van der Waals surface area contributed by atoms with Crippen molar-refractivity contribution in [2.24, 2.45) is 4.99 Å². The van der Waals surface area contributed by atoms with Gasteiger partial charge in [0, 0.05) is 48.8 Å². The van der Waals surface area contributed by atoms with Crippen molar-refractivity contribution >= 4 is 53.1 Å². The SMILES string of the molecule is CCNC(=NCC(C)(C)N1CCOCC1)NCCCC(=O)Nc1ccc(Cl)cc1.I. The number of halogens is 2. The van der Waals surface area contributed by atoms with Gasteiger partial charge in [0.1, 0.15) is 0 Å². The molecule has 3 N–H and O–H groups in total. The number of benzene rings is 1. The number of ether oxygens (including phenoxy) is 1. The van der Waals surface area contributed by atoms with Crippen LogP contribution in [-0.2, 0) is 9.53 Å². The third-order valence-corrected chi connectivity index (χ3v) is 5.09. The number of anilines is 1. The van der Waals surface area contributed by atoms with Gasteiger partial charge in [0.2, 0.25) is 5.91 Å². The molecule has 9 heteroatoms. The van der Waals surface area contributed by atoms with Gasteiger partial charge in [0.15, 0.2) is 5.96 Å². The summed E-state index contributed by atoms with van der Waals surface area (Å²) in [6.07, 6.45) is 1.16. The Morgan fingerprint density at radius 1 is 1.20 bits per heavy atom. The second kappa shape index (κ2) is 14.1. The molecule has 0 atom stereocenters. The van der Waals surface area contributed by atoms with E-state index in [1.54, 1.807) is 24.3 Å². The summed E-state index contributed by atoms with van der Waals surface area (Å²) in [7, 11) is 0. The van der Waals surface area contributed by atoms with Crippen LogP contribution < -0.4 is 16.0 Å². The van der Waals surface area contributed by atoms with Crippen molar-refractivity contribution in [1.82, 2.24) is 15.5 Å². The molecule has 1 heterocycles. The molecule has 0 aliphatic carbocycles. The maximum Gasteiger partial charge on any atom is 0.224 e. The topological polar surface area (TPSA) is 78.0 Å². The number of carbonyl (C=O) groups excluding carboxylic acids is 1. The largest absolute Gasteiger partial charge is 0.379 e. The Balaban J connectivity index is 0.00000450. The first-order valence-corrected chi connectivity index (χ1v) is 10.7. The van der Waals surface area contributed by atoms with Gasteiger partial charge in [0.05, 0.1) is 19.8 Å². The number of hydrogen-bond donors (Lipinski definition) is 3. The van der Waals surface area contributed by atoms with E-state index >= 15 is 0 Å². The fraction of sp³-hybridized carbons (Fsp3) is 0.619. The zero-order chi connectivity index (χ0) is 21.1. The summed E-state index contributed by atoms with van der Waals surface area (Å²) in [5.74, 6) is 0.774. The van der Waals surface area contributed by atoms with Gasteiger partial charge in [-0.05, 0) is 51.5 Å². The van der Waals surface area contributed by atoms with Crippen LogP contribution >= 0.6 is 35.6 Å². The number of nitrogens with zero attached hydrogens (tertiary/aromatic N) is 2. The highest BCUT2D eigenvalue weighted by atomic mass is 127. The van der Waals surface area contributed by atoms with Gasteiger partial charge in [-0.25, -0.2) is 0 Å². The highest BCUT2D eigenvalue weighted by molar-refractivity contribution is 14.0. The summed E-state index contributed by atoms with van der Waals surface area (Å²) in [4.78, 5) is 19.2. The van der Waals surface area contributed by atoms with Crippen LogP contribution in [0.25, 0.3) is 0 Å². The predicted molar refractivity (Wildman–Crippen MR) is 135 cm³/mol. The van der Waals surface area contributed by atoms with E-state index in [-0.39, 0.29) is 35.4 Å². The fourth-order valence-electron chi connectivity index (χ4n) is 3.10. The Hall–Kier alpha value is -1.10. The van der Waals surface area contributed by atoms with Crippen LogP contribution in [0.5, 0.6) is 0 Å². The fourth-order valence-corrected chi connectivity index (χ4v) is 3.22. The summed E-state index contributed by atoms with van der Waals surface area (Å²) in [5, 5.41) is 10.1. The molecule has 1 saturated heterocycles. The highest BCUT2D eigenvalue weighted by Crippen LogP contribution is 2.16. The molecule has 1 amide bonds. The smallest absolute Gasteiger partial charge is 0.224 e. The minimum atomic E-state index is -0.0232. The van der Waals surface area contributed by atoms with E-state index in [9.17, 15) is 4.79 Å². The first-order chi connectivity index (χ1) is 13.9. The molecule has 1 aromatic rings. The summed E-state index contributed by atoms with van der Waals surface area (Å²) in [6.45, 7) is 12.1. The first-order valence-electron chi connectivity index (χ1n) is 10.3. The minimum Gasteiger partial charge on any atom is -0.379 e. The molecule has 1 aliphatic heterocycles. The molecule has 1 aromatic carbocycles. The lowest BCUT2D eigenvalue weighted by atomic mass is 10.0. The van der Waals surface area contributed by atoms with Crippen LogP contribution in [-0.4, -0.2) is 68.2 Å². The molecule has 0 saturated carbocycles. The Kier molecular flexibility index (Phi) is 12.6. The first kappa shape index (κ1) is 26.9. The molecular formula is C21H35ClIN5O2. The van der Waals surface area contributed by atoms with Gasteiger partial charge in [-0.3, -0.25) is 14.7 Å². The van der Waals surface area contributed by atoms with Crippen molar-refractivity contribution in [3.8, 4) is 0 Å². The number of carbonyl (C=O) groups is 1. The van der Waals surface area contributed by atoms with E-state index in [0.29, 0.717) is 24.5 Å². The molecule has 0 aromatic heterocycles. The quantitative estimate of drug-likeness (QED) is 0.190. The Morgan fingerprint density at radius 3 is 2.50 bits per heavy atom. The van der Waals surface area contributed by atoms with Crippen molar-refractivity contribution in [1.29, 1.82) is 0 Å². The predicted octanol–water partition coefficient (Wildman–Crippen LogP) is 3.34. The van der Waals surface area contributed by atoms with Crippen LogP contribution in [0.3, 0.4) is 0 Å². The van der Waals surface area contributed by atoms with E-state index in [1.807, 2.05) is 6.92 Å². The molecule has 1 fully saturated rings. The number of hydrogen-bond acceptors (Lipinski definition) is 4. The third-order valence-electron chi connectivity index (χ3n) is 4.84. The van der Waals surface area contributed by atoms with E-state index < -0.39 is 0 Å². The summed E-state index contributed by atoms with van der Waals surface area (Å²) < 4.78 is 5.45. The average molecular weight is 552 g/mol. The molecule has 7 nitrogen and oxygen atoms in total. The number of rotatable bonds is 9. The molecule has 0 unspecified atom stereocenters. The lowest BCUT2D eigenvalue weighted by Gasteiger charge is -2.39. The molecule has 170 valence electrons. The van der Waals surface area contributed by atoms with Gasteiger partial charge < -0.3 is 20.7 Å². The van der Waals surface area contributed by atoms with E-state index in [2.05, 4.69) is 34.7 Å². The summed E-state index contributed by atoms with van der Waals surface area (Å²) in [5.41, 5.74) is 0.734. The van der Waals surface area contributed by atoms with Crippen molar-refractivity contribution in [3.63, 3.8) is 0 Å². The molecule has 0 bridgehead atoms. The lowest BCUT2D eigenvalue weighted by Crippen LogP contribution is -2.52. The van der Waals surface area contributed by atoms with Crippen LogP contribution in [0.1, 0.15) is 33.6 Å². The number of guanidine groups is 1. The normalized spacial score (nSPS) is 15.3. The molecule has 0 radical (unpaired) electrons. The maximum atomic E-state index is 12.1. The molecular weight excluding hydrogens is 517 g/mol. The van der Waals surface area contributed by atoms with Gasteiger partial charge in [-0.15, -0.1) is 24.0 Å². The van der Waals surface area contributed by atoms with Crippen LogP contribution in [0, 0.1) is 0 Å². The van der Waals surface area contributed by atoms with Gasteiger partial charge in [-0.2, -0.15) is 0 Å². The minimum absolute atomic E-state index is 0. The summed E-state index contributed by atoms with van der Waals surface area (Å²) >= 11 is 5.86. The van der Waals surface area contributed by atoms with Crippen molar-refractivity contribution in [2.75, 3.05) is 51.3 Å². The Labute approximate surface area is 202 Å². The number of morpholine rings is 1. The van der Waals surface area contributed by atoms with E-state index in [0.717, 1.165) is 50.9 Å². The second-order valence-corrected chi connectivity index (χ2v) is 8.13. The molecule has 0 spiro atoms. The standard InChI is InChI=1S/C21H34ClN5O2.HI/c1-4-23-20(25-16-21(2,3)27-12-14-29-15-13-27)24-11-5-6-19(28)26-18-9-7-17(22)8-10-18;/h7-10H,4-6,11-16H2,1-3H3,(H,26,28)(H2,23,24,25);1H. The number of aliphatic imine (C=N–C) groups is 1. The van der Waals surface area contributed by atoms with Crippen molar-refractivity contribution in [3.05, 3.63) is 29.3 Å². The van der Waals surface area contributed by atoms with Crippen LogP contribution in [0.4, 0.5) is 5.69 Å². The highest BCUT2D eigenvalue weighted by Gasteiger charge is 2.28. The van der Waals surface area contributed by atoms with Crippen molar-refractivity contribution in [2.45, 2.75) is 39.2 Å². The van der Waals surface area contributed by atoms with E-state index in [4.69, 9.17) is 21.3 Å². The zero-order valence-electron chi connectivity index (χ0n) is 18.2. The monoisotopic (exact) mass is 551 g/mol. The number of amides is 1. The second-order valence-electron chi connectivity index (χ2n) is 7.69. The third kappa shape index (κ3) is 9.80. The maximum absolute atomic E-state index is 12.1. The van der Waals surface area contributed by atoms with E-state index in [1.165, 1.54) is 0 Å². The van der Waals surface area contributed by atoms with Gasteiger partial charge >= 0.3 is 0 Å². The molecule has 30 heavy (non-hydrogen) atoms.